The smallest absolute Gasteiger partial charge is 0.0790 e. The summed E-state index contributed by atoms with van der Waals surface area (Å²) in [7, 11) is 0. The number of benzene rings is 1. The molecule has 2 atom stereocenters. The summed E-state index contributed by atoms with van der Waals surface area (Å²) < 4.78 is 0. The van der Waals surface area contributed by atoms with Gasteiger partial charge in [-0.1, -0.05) is 30.3 Å². The van der Waals surface area contributed by atoms with Crippen molar-refractivity contribution in [2.75, 3.05) is 0 Å². The third-order valence-electron chi connectivity index (χ3n) is 2.37. The van der Waals surface area contributed by atoms with Crippen LogP contribution < -0.4 is 0 Å². The molecule has 0 N–H and O–H groups in total. The fraction of sp³-hybridized carbons (Fsp3) is 0.273. The highest BCUT2D eigenvalue weighted by Crippen LogP contribution is 2.39. The van der Waals surface area contributed by atoms with Crippen molar-refractivity contribution in [2.24, 2.45) is 0 Å². The molecule has 1 aromatic rings. The zero-order chi connectivity index (χ0) is 9.42. The molecule has 2 heteroatoms. The van der Waals surface area contributed by atoms with Gasteiger partial charge < -0.3 is 0 Å². The summed E-state index contributed by atoms with van der Waals surface area (Å²) in [5, 5.41) is -0.182. The van der Waals surface area contributed by atoms with Crippen LogP contribution in [0.4, 0.5) is 0 Å². The van der Waals surface area contributed by atoms with E-state index in [1.54, 1.807) is 0 Å². The Labute approximate surface area is 88.2 Å². The number of halogens is 2. The van der Waals surface area contributed by atoms with Crippen LogP contribution in [0.5, 0.6) is 0 Å². The van der Waals surface area contributed by atoms with E-state index in [0.717, 1.165) is 5.56 Å². The van der Waals surface area contributed by atoms with Gasteiger partial charge in [-0.05, 0) is 23.6 Å². The molecule has 0 bridgehead atoms. The van der Waals surface area contributed by atoms with E-state index in [9.17, 15) is 0 Å². The lowest BCUT2D eigenvalue weighted by molar-refractivity contribution is 0.941. The van der Waals surface area contributed by atoms with Crippen LogP contribution in [0.2, 0.25) is 0 Å². The summed E-state index contributed by atoms with van der Waals surface area (Å²) >= 11 is 12.3. The molecule has 2 unspecified atom stereocenters. The lowest BCUT2D eigenvalue weighted by Gasteiger charge is -2.23. The van der Waals surface area contributed by atoms with E-state index in [0.29, 0.717) is 0 Å². The van der Waals surface area contributed by atoms with E-state index in [-0.39, 0.29) is 10.8 Å². The van der Waals surface area contributed by atoms with Crippen LogP contribution in [0.3, 0.4) is 0 Å². The first-order valence-corrected chi connectivity index (χ1v) is 5.13. The highest BCUT2D eigenvalue weighted by atomic mass is 35.5. The average molecular weight is 213 g/mol. The quantitative estimate of drug-likeness (QED) is 0.571. The molecule has 0 nitrogen and oxygen atoms in total. The Morgan fingerprint density at radius 1 is 1.15 bits per heavy atom. The number of fused-ring (bicyclic) bond motifs is 1. The van der Waals surface area contributed by atoms with Gasteiger partial charge in [-0.15, -0.1) is 23.2 Å². The summed E-state index contributed by atoms with van der Waals surface area (Å²) in [6.07, 6.45) is 2.02. The Morgan fingerprint density at radius 3 is 2.62 bits per heavy atom. The van der Waals surface area contributed by atoms with E-state index in [1.165, 1.54) is 11.1 Å². The molecule has 0 saturated heterocycles. The fourth-order valence-corrected chi connectivity index (χ4v) is 2.27. The van der Waals surface area contributed by atoms with Crippen molar-refractivity contribution in [2.45, 2.75) is 17.7 Å². The van der Waals surface area contributed by atoms with E-state index < -0.39 is 0 Å². The maximum Gasteiger partial charge on any atom is 0.0790 e. The minimum Gasteiger partial charge on any atom is -0.116 e. The first-order chi connectivity index (χ1) is 6.20. The molecule has 0 radical (unpaired) electrons. The summed E-state index contributed by atoms with van der Waals surface area (Å²) in [4.78, 5) is 0. The molecule has 0 aromatic heterocycles. The highest BCUT2D eigenvalue weighted by molar-refractivity contribution is 6.31. The Hall–Kier alpha value is -0.460. The number of hydrogen-bond acceptors (Lipinski definition) is 0. The third-order valence-corrected chi connectivity index (χ3v) is 3.39. The second kappa shape index (κ2) is 3.36. The minimum atomic E-state index is -0.0958. The van der Waals surface area contributed by atoms with Gasteiger partial charge in [-0.25, -0.2) is 0 Å². The molecular formula is C11H10Cl2. The molecule has 0 saturated carbocycles. The van der Waals surface area contributed by atoms with Crippen LogP contribution in [-0.4, -0.2) is 5.38 Å². The lowest BCUT2D eigenvalue weighted by Crippen LogP contribution is -2.11. The summed E-state index contributed by atoms with van der Waals surface area (Å²) in [6.45, 7) is 2.07. The van der Waals surface area contributed by atoms with Gasteiger partial charge in [0.25, 0.3) is 0 Å². The molecule has 1 aliphatic rings. The molecule has 68 valence electrons. The van der Waals surface area contributed by atoms with Crippen molar-refractivity contribution >= 4 is 28.8 Å². The Kier molecular flexibility index (Phi) is 2.35. The van der Waals surface area contributed by atoms with Crippen LogP contribution in [0.25, 0.3) is 5.57 Å². The maximum atomic E-state index is 6.19. The van der Waals surface area contributed by atoms with Gasteiger partial charge in [0.15, 0.2) is 0 Å². The third kappa shape index (κ3) is 1.49. The zero-order valence-electron chi connectivity index (χ0n) is 7.30. The van der Waals surface area contributed by atoms with Gasteiger partial charge >= 0.3 is 0 Å². The van der Waals surface area contributed by atoms with Gasteiger partial charge in [0.05, 0.1) is 10.8 Å². The predicted octanol–water partition coefficient (Wildman–Crippen LogP) is 3.99. The van der Waals surface area contributed by atoms with E-state index in [1.807, 2.05) is 24.3 Å². The van der Waals surface area contributed by atoms with E-state index in [4.69, 9.17) is 23.2 Å². The average Bonchev–Trinajstić information content (AvgIpc) is 2.15. The number of hydrogen-bond donors (Lipinski definition) is 0. The first-order valence-electron chi connectivity index (χ1n) is 4.26. The lowest BCUT2D eigenvalue weighted by atomic mass is 9.91. The molecule has 1 aliphatic carbocycles. The molecule has 0 amide bonds. The van der Waals surface area contributed by atoms with Crippen molar-refractivity contribution in [3.8, 4) is 0 Å². The Morgan fingerprint density at radius 2 is 1.85 bits per heavy atom. The fourth-order valence-electron chi connectivity index (χ4n) is 1.68. The topological polar surface area (TPSA) is 0 Å². The van der Waals surface area contributed by atoms with Crippen LogP contribution in [0.15, 0.2) is 30.3 Å². The predicted molar refractivity (Wildman–Crippen MR) is 58.3 cm³/mol. The van der Waals surface area contributed by atoms with Crippen LogP contribution >= 0.6 is 23.2 Å². The van der Waals surface area contributed by atoms with Crippen LogP contribution in [-0.2, 0) is 0 Å². The maximum absolute atomic E-state index is 6.19. The van der Waals surface area contributed by atoms with Gasteiger partial charge in [-0.2, -0.15) is 0 Å². The molecule has 2 rings (SSSR count). The van der Waals surface area contributed by atoms with E-state index >= 15 is 0 Å². The first kappa shape index (κ1) is 9.11. The van der Waals surface area contributed by atoms with Gasteiger partial charge in [0.2, 0.25) is 0 Å². The SMILES string of the molecule is CC1=CC(Cl)C(Cl)c2ccccc21. The second-order valence-electron chi connectivity index (χ2n) is 3.28. The summed E-state index contributed by atoms with van der Waals surface area (Å²) in [6, 6.07) is 8.14. The molecule has 13 heavy (non-hydrogen) atoms. The summed E-state index contributed by atoms with van der Waals surface area (Å²) in [5.41, 5.74) is 3.58. The Bertz CT molecular complexity index is 355. The van der Waals surface area contributed by atoms with E-state index in [2.05, 4.69) is 13.0 Å². The second-order valence-corrected chi connectivity index (χ2v) is 4.26. The molecule has 0 heterocycles. The van der Waals surface area contributed by atoms with Crippen molar-refractivity contribution in [3.05, 3.63) is 41.5 Å². The number of rotatable bonds is 0. The van der Waals surface area contributed by atoms with Crippen LogP contribution in [0, 0.1) is 0 Å². The van der Waals surface area contributed by atoms with Crippen molar-refractivity contribution in [1.82, 2.24) is 0 Å². The van der Waals surface area contributed by atoms with Gasteiger partial charge in [0, 0.05) is 0 Å². The van der Waals surface area contributed by atoms with Gasteiger partial charge in [0.1, 0.15) is 0 Å². The molecule has 0 spiro atoms. The number of alkyl halides is 2. The molecular weight excluding hydrogens is 203 g/mol. The van der Waals surface area contributed by atoms with Crippen LogP contribution in [0.1, 0.15) is 23.4 Å². The molecule has 0 fully saturated rings. The Balaban J connectivity index is 2.58. The largest absolute Gasteiger partial charge is 0.116 e. The van der Waals surface area contributed by atoms with Crippen molar-refractivity contribution < 1.29 is 0 Å². The normalized spacial score (nSPS) is 26.5. The van der Waals surface area contributed by atoms with Crippen molar-refractivity contribution in [1.29, 1.82) is 0 Å². The standard InChI is InChI=1S/C11H10Cl2/c1-7-6-10(12)11(13)9-5-3-2-4-8(7)9/h2-6,10-11H,1H3. The summed E-state index contributed by atoms with van der Waals surface area (Å²) in [5.74, 6) is 0. The minimum absolute atomic E-state index is 0.0865. The van der Waals surface area contributed by atoms with Crippen molar-refractivity contribution in [3.63, 3.8) is 0 Å². The van der Waals surface area contributed by atoms with Gasteiger partial charge in [-0.3, -0.25) is 0 Å². The molecule has 0 aliphatic heterocycles. The monoisotopic (exact) mass is 212 g/mol. The molecule has 1 aromatic carbocycles. The highest BCUT2D eigenvalue weighted by Gasteiger charge is 2.24. The number of allylic oxidation sites excluding steroid dienone is 2. The zero-order valence-corrected chi connectivity index (χ0v) is 8.81.